The molecule has 4 nitrogen and oxygen atoms in total. The van der Waals surface area contributed by atoms with E-state index in [-0.39, 0.29) is 11.8 Å². The maximum absolute atomic E-state index is 11.0. The van der Waals surface area contributed by atoms with E-state index in [1.807, 2.05) is 0 Å². The fraction of sp³-hybridized carbons (Fsp3) is 0.818. The number of carboxylic acids is 2. The van der Waals surface area contributed by atoms with E-state index >= 15 is 0 Å². The highest BCUT2D eigenvalue weighted by atomic mass is 16.4. The molecule has 2 saturated carbocycles. The Hall–Kier alpha value is -1.06. The lowest BCUT2D eigenvalue weighted by molar-refractivity contribution is -0.336. The molecular weight excluding hydrogens is 196 g/mol. The second-order valence-electron chi connectivity index (χ2n) is 4.65. The number of carbonyl (C=O) groups excluding carboxylic acids is 2. The van der Waals surface area contributed by atoms with Crippen LogP contribution in [-0.2, 0) is 9.59 Å². The molecule has 0 aromatic rings. The molecule has 0 aromatic carbocycles. The predicted octanol–water partition coefficient (Wildman–Crippen LogP) is -0.927. The lowest BCUT2D eigenvalue weighted by atomic mass is 10.0. The SMILES string of the molecule is O=C([O-])C1(C(=O)[O-])[C@@H]2CCCCCC[C@H]21. The van der Waals surface area contributed by atoms with Crippen LogP contribution in [0.2, 0.25) is 0 Å². The van der Waals surface area contributed by atoms with Gasteiger partial charge in [-0.2, -0.15) is 0 Å². The molecule has 2 aliphatic carbocycles. The van der Waals surface area contributed by atoms with Gasteiger partial charge >= 0.3 is 0 Å². The van der Waals surface area contributed by atoms with E-state index in [1.54, 1.807) is 0 Å². The van der Waals surface area contributed by atoms with Gasteiger partial charge in [-0.1, -0.05) is 25.7 Å². The Morgan fingerprint density at radius 1 is 0.867 bits per heavy atom. The summed E-state index contributed by atoms with van der Waals surface area (Å²) in [7, 11) is 0. The molecule has 0 aliphatic heterocycles. The molecular formula is C11H14O4-2. The van der Waals surface area contributed by atoms with E-state index < -0.39 is 17.4 Å². The van der Waals surface area contributed by atoms with Crippen LogP contribution in [0.5, 0.6) is 0 Å². The van der Waals surface area contributed by atoms with Gasteiger partial charge in [0.15, 0.2) is 0 Å². The standard InChI is InChI=1S/C11H16O4/c12-9(13)11(10(14)15)7-5-3-1-2-4-6-8(7)11/h7-8H,1-6H2,(H,12,13)(H,14,15)/p-2/t7-,8-/m1/s1. The average molecular weight is 210 g/mol. The summed E-state index contributed by atoms with van der Waals surface area (Å²) in [6.07, 6.45) is 5.35. The Bertz CT molecular complexity index is 267. The third-order valence-electron chi connectivity index (χ3n) is 4.00. The quantitative estimate of drug-likeness (QED) is 0.552. The summed E-state index contributed by atoms with van der Waals surface area (Å²) in [5.74, 6) is -3.38. The zero-order valence-corrected chi connectivity index (χ0v) is 8.53. The van der Waals surface area contributed by atoms with E-state index in [4.69, 9.17) is 0 Å². The first-order valence-electron chi connectivity index (χ1n) is 5.54. The van der Waals surface area contributed by atoms with E-state index in [1.165, 1.54) is 0 Å². The van der Waals surface area contributed by atoms with Gasteiger partial charge in [0.1, 0.15) is 0 Å². The van der Waals surface area contributed by atoms with Crippen molar-refractivity contribution in [2.24, 2.45) is 17.3 Å². The highest BCUT2D eigenvalue weighted by Gasteiger charge is 2.65. The summed E-state index contributed by atoms with van der Waals surface area (Å²) in [4.78, 5) is 22.0. The number of fused-ring (bicyclic) bond motifs is 1. The normalized spacial score (nSPS) is 33.3. The van der Waals surface area contributed by atoms with Crippen molar-refractivity contribution in [1.29, 1.82) is 0 Å². The van der Waals surface area contributed by atoms with E-state index in [0.29, 0.717) is 12.8 Å². The van der Waals surface area contributed by atoms with Crippen LogP contribution in [0.4, 0.5) is 0 Å². The maximum Gasteiger partial charge on any atom is 0.0556 e. The van der Waals surface area contributed by atoms with Crippen molar-refractivity contribution in [3.63, 3.8) is 0 Å². The molecule has 15 heavy (non-hydrogen) atoms. The number of hydrogen-bond donors (Lipinski definition) is 0. The topological polar surface area (TPSA) is 80.3 Å². The molecule has 2 rings (SSSR count). The Morgan fingerprint density at radius 3 is 1.60 bits per heavy atom. The average Bonchev–Trinajstić information content (AvgIpc) is 2.72. The number of aliphatic carboxylic acids is 2. The molecule has 4 heteroatoms. The van der Waals surface area contributed by atoms with E-state index in [9.17, 15) is 19.8 Å². The van der Waals surface area contributed by atoms with Crippen LogP contribution in [0.25, 0.3) is 0 Å². The first kappa shape index (κ1) is 10.5. The first-order chi connectivity index (χ1) is 7.11. The van der Waals surface area contributed by atoms with Crippen molar-refractivity contribution in [3.05, 3.63) is 0 Å². The van der Waals surface area contributed by atoms with Crippen molar-refractivity contribution in [3.8, 4) is 0 Å². The summed E-state index contributed by atoms with van der Waals surface area (Å²) in [5, 5.41) is 22.0. The number of carboxylic acid groups (broad SMARTS) is 2. The lowest BCUT2D eigenvalue weighted by Gasteiger charge is -2.20. The fourth-order valence-corrected chi connectivity index (χ4v) is 3.17. The Balaban J connectivity index is 2.21. The molecule has 0 aromatic heterocycles. The molecule has 2 aliphatic rings. The zero-order valence-electron chi connectivity index (χ0n) is 8.53. The van der Waals surface area contributed by atoms with Crippen LogP contribution >= 0.6 is 0 Å². The van der Waals surface area contributed by atoms with Gasteiger partial charge in [0.25, 0.3) is 0 Å². The molecule has 0 spiro atoms. The van der Waals surface area contributed by atoms with Crippen LogP contribution in [0, 0.1) is 17.3 Å². The summed E-state index contributed by atoms with van der Waals surface area (Å²) >= 11 is 0. The van der Waals surface area contributed by atoms with Gasteiger partial charge in [-0.25, -0.2) is 0 Å². The van der Waals surface area contributed by atoms with Gasteiger partial charge in [-0.3, -0.25) is 0 Å². The molecule has 0 radical (unpaired) electrons. The number of hydrogen-bond acceptors (Lipinski definition) is 4. The molecule has 2 fully saturated rings. The predicted molar refractivity (Wildman–Crippen MR) is 47.1 cm³/mol. The van der Waals surface area contributed by atoms with Crippen LogP contribution < -0.4 is 10.2 Å². The number of carbonyl (C=O) groups is 2. The molecule has 0 heterocycles. The minimum absolute atomic E-state index is 0.243. The minimum Gasteiger partial charge on any atom is -0.549 e. The van der Waals surface area contributed by atoms with E-state index in [0.717, 1.165) is 25.7 Å². The maximum atomic E-state index is 11.0. The van der Waals surface area contributed by atoms with Gasteiger partial charge in [0.2, 0.25) is 0 Å². The Labute approximate surface area is 88.3 Å². The minimum atomic E-state index is -1.66. The van der Waals surface area contributed by atoms with Crippen molar-refractivity contribution >= 4 is 11.9 Å². The van der Waals surface area contributed by atoms with Crippen molar-refractivity contribution in [1.82, 2.24) is 0 Å². The molecule has 2 atom stereocenters. The van der Waals surface area contributed by atoms with Crippen LogP contribution in [0.3, 0.4) is 0 Å². The largest absolute Gasteiger partial charge is 0.549 e. The summed E-state index contributed by atoms with van der Waals surface area (Å²) in [6.45, 7) is 0. The third-order valence-corrected chi connectivity index (χ3v) is 4.00. The Kier molecular flexibility index (Phi) is 2.44. The van der Waals surface area contributed by atoms with Crippen molar-refractivity contribution in [2.75, 3.05) is 0 Å². The van der Waals surface area contributed by atoms with Crippen LogP contribution in [-0.4, -0.2) is 11.9 Å². The van der Waals surface area contributed by atoms with Gasteiger partial charge in [0, 0.05) is 0 Å². The molecule has 0 saturated heterocycles. The monoisotopic (exact) mass is 210 g/mol. The Morgan fingerprint density at radius 2 is 1.27 bits per heavy atom. The van der Waals surface area contributed by atoms with Gasteiger partial charge in [0.05, 0.1) is 17.4 Å². The first-order valence-corrected chi connectivity index (χ1v) is 5.54. The highest BCUT2D eigenvalue weighted by Crippen LogP contribution is 2.63. The summed E-state index contributed by atoms with van der Waals surface area (Å²) in [5.41, 5.74) is -1.66. The second kappa shape index (κ2) is 3.51. The molecule has 0 unspecified atom stereocenters. The molecule has 84 valence electrons. The van der Waals surface area contributed by atoms with Crippen molar-refractivity contribution < 1.29 is 19.8 Å². The van der Waals surface area contributed by atoms with Gasteiger partial charge in [-0.15, -0.1) is 0 Å². The van der Waals surface area contributed by atoms with E-state index in [2.05, 4.69) is 0 Å². The second-order valence-corrected chi connectivity index (χ2v) is 4.65. The summed E-state index contributed by atoms with van der Waals surface area (Å²) < 4.78 is 0. The summed E-state index contributed by atoms with van der Waals surface area (Å²) in [6, 6.07) is 0. The van der Waals surface area contributed by atoms with Gasteiger partial charge < -0.3 is 19.8 Å². The molecule has 0 N–H and O–H groups in total. The third kappa shape index (κ3) is 1.34. The lowest BCUT2D eigenvalue weighted by Crippen LogP contribution is -2.47. The van der Waals surface area contributed by atoms with Crippen LogP contribution in [0.1, 0.15) is 38.5 Å². The van der Waals surface area contributed by atoms with Gasteiger partial charge in [-0.05, 0) is 24.7 Å². The number of rotatable bonds is 2. The molecule has 0 bridgehead atoms. The molecule has 0 amide bonds. The van der Waals surface area contributed by atoms with Crippen LogP contribution in [0.15, 0.2) is 0 Å². The zero-order chi connectivity index (χ0) is 11.1. The van der Waals surface area contributed by atoms with Crippen molar-refractivity contribution in [2.45, 2.75) is 38.5 Å². The smallest absolute Gasteiger partial charge is 0.0556 e. The highest BCUT2D eigenvalue weighted by molar-refractivity contribution is 6.01. The fourth-order valence-electron chi connectivity index (χ4n) is 3.17.